The number of rotatable bonds is 6. The van der Waals surface area contributed by atoms with E-state index in [0.29, 0.717) is 0 Å². The molecule has 114 valence electrons. The second kappa shape index (κ2) is 7.43. The lowest BCUT2D eigenvalue weighted by molar-refractivity contribution is 0.573. The van der Waals surface area contributed by atoms with Gasteiger partial charge in [-0.05, 0) is 37.5 Å². The molecule has 1 aromatic carbocycles. The molecule has 0 saturated carbocycles. The van der Waals surface area contributed by atoms with E-state index in [-0.39, 0.29) is 6.04 Å². The Hall–Kier alpha value is -0.840. The van der Waals surface area contributed by atoms with Crippen LogP contribution in [0.2, 0.25) is 5.02 Å². The van der Waals surface area contributed by atoms with Crippen LogP contribution >= 0.6 is 27.5 Å². The van der Waals surface area contributed by atoms with Gasteiger partial charge in [0.2, 0.25) is 0 Å². The van der Waals surface area contributed by atoms with Crippen molar-refractivity contribution in [2.75, 3.05) is 0 Å². The summed E-state index contributed by atoms with van der Waals surface area (Å²) in [6.45, 7) is 4.96. The summed E-state index contributed by atoms with van der Waals surface area (Å²) in [6, 6.07) is 8.32. The predicted octanol–water partition coefficient (Wildman–Crippen LogP) is 3.99. The Morgan fingerprint density at radius 3 is 2.48 bits per heavy atom. The largest absolute Gasteiger partial charge is 0.327 e. The molecule has 2 rings (SSSR count). The number of nitrogens with two attached hydrogens (primary N) is 1. The molecule has 0 radical (unpaired) electrons. The monoisotopic (exact) mass is 369 g/mol. The van der Waals surface area contributed by atoms with E-state index in [1.54, 1.807) is 0 Å². The number of aromatic nitrogens is 2. The summed E-state index contributed by atoms with van der Waals surface area (Å²) in [5.74, 6) is 0. The molecule has 1 atom stereocenters. The Kier molecular flexibility index (Phi) is 5.85. The quantitative estimate of drug-likeness (QED) is 0.835. The van der Waals surface area contributed by atoms with Gasteiger partial charge in [0.05, 0.1) is 16.4 Å². The summed E-state index contributed by atoms with van der Waals surface area (Å²) < 4.78 is 3.06. The predicted molar refractivity (Wildman–Crippen MR) is 91.8 cm³/mol. The highest BCUT2D eigenvalue weighted by molar-refractivity contribution is 9.10. The molecule has 0 spiro atoms. The maximum absolute atomic E-state index is 6.43. The Bertz CT molecular complexity index is 592. The molecule has 0 bridgehead atoms. The Morgan fingerprint density at radius 1 is 1.24 bits per heavy atom. The lowest BCUT2D eigenvalue weighted by Crippen LogP contribution is -2.27. The first-order chi connectivity index (χ1) is 10.0. The smallest absolute Gasteiger partial charge is 0.0850 e. The second-order valence-corrected chi connectivity index (χ2v) is 6.47. The van der Waals surface area contributed by atoms with Crippen LogP contribution in [0.25, 0.3) is 0 Å². The number of aryl methyl sites for hydroxylation is 2. The topological polar surface area (TPSA) is 43.8 Å². The van der Waals surface area contributed by atoms with Crippen LogP contribution in [0.1, 0.15) is 30.8 Å². The zero-order valence-corrected chi connectivity index (χ0v) is 14.8. The van der Waals surface area contributed by atoms with Gasteiger partial charge in [-0.25, -0.2) is 0 Å². The first-order valence-electron chi connectivity index (χ1n) is 7.29. The molecular weight excluding hydrogens is 350 g/mol. The van der Waals surface area contributed by atoms with Gasteiger partial charge in [-0.1, -0.05) is 46.6 Å². The molecule has 0 fully saturated rings. The van der Waals surface area contributed by atoms with Gasteiger partial charge >= 0.3 is 0 Å². The highest BCUT2D eigenvalue weighted by Gasteiger charge is 2.17. The molecule has 1 unspecified atom stereocenters. The summed E-state index contributed by atoms with van der Waals surface area (Å²) >= 11 is 9.88. The molecule has 2 aromatic rings. The molecule has 2 N–H and O–H groups in total. The van der Waals surface area contributed by atoms with E-state index in [0.717, 1.165) is 46.7 Å². The van der Waals surface area contributed by atoms with E-state index in [1.807, 2.05) is 16.8 Å². The van der Waals surface area contributed by atoms with Gasteiger partial charge in [-0.3, -0.25) is 4.68 Å². The van der Waals surface area contributed by atoms with Crippen LogP contribution in [-0.2, 0) is 25.8 Å². The van der Waals surface area contributed by atoms with Crippen LogP contribution in [0.3, 0.4) is 0 Å². The van der Waals surface area contributed by atoms with Crippen LogP contribution in [-0.4, -0.2) is 15.8 Å². The van der Waals surface area contributed by atoms with Crippen molar-refractivity contribution in [1.29, 1.82) is 0 Å². The van der Waals surface area contributed by atoms with E-state index in [2.05, 4.69) is 47.0 Å². The summed E-state index contributed by atoms with van der Waals surface area (Å²) in [6.07, 6.45) is 2.43. The van der Waals surface area contributed by atoms with E-state index < -0.39 is 0 Å². The molecule has 5 heteroatoms. The lowest BCUT2D eigenvalue weighted by Gasteiger charge is -2.13. The van der Waals surface area contributed by atoms with Crippen LogP contribution in [0, 0.1) is 0 Å². The number of nitrogens with zero attached hydrogens (tertiary/aromatic N) is 2. The first-order valence-corrected chi connectivity index (χ1v) is 8.46. The zero-order chi connectivity index (χ0) is 15.4. The van der Waals surface area contributed by atoms with Gasteiger partial charge in [0.15, 0.2) is 0 Å². The van der Waals surface area contributed by atoms with Gasteiger partial charge in [-0.2, -0.15) is 5.10 Å². The van der Waals surface area contributed by atoms with Crippen LogP contribution in [0.4, 0.5) is 0 Å². The van der Waals surface area contributed by atoms with Crippen LogP contribution in [0.5, 0.6) is 0 Å². The van der Waals surface area contributed by atoms with Gasteiger partial charge < -0.3 is 5.73 Å². The molecule has 0 saturated heterocycles. The molecule has 0 aliphatic rings. The average Bonchev–Trinajstić information content (AvgIpc) is 2.77. The SMILES string of the molecule is CCc1nn(CC)c(CC(N)Cc2ccc(Br)cc2)c1Cl. The van der Waals surface area contributed by atoms with E-state index in [1.165, 1.54) is 5.56 Å². The minimum absolute atomic E-state index is 0.0374. The first kappa shape index (κ1) is 16.5. The molecule has 1 aromatic heterocycles. The maximum Gasteiger partial charge on any atom is 0.0850 e. The fourth-order valence-electron chi connectivity index (χ4n) is 2.46. The van der Waals surface area contributed by atoms with E-state index >= 15 is 0 Å². The summed E-state index contributed by atoms with van der Waals surface area (Å²) in [7, 11) is 0. The zero-order valence-electron chi connectivity index (χ0n) is 12.4. The van der Waals surface area contributed by atoms with Crippen molar-refractivity contribution in [3.63, 3.8) is 0 Å². The van der Waals surface area contributed by atoms with Gasteiger partial charge in [-0.15, -0.1) is 0 Å². The van der Waals surface area contributed by atoms with Crippen molar-refractivity contribution in [2.45, 2.75) is 45.7 Å². The summed E-state index contributed by atoms with van der Waals surface area (Å²) in [5, 5.41) is 5.32. The molecule has 3 nitrogen and oxygen atoms in total. The lowest BCUT2D eigenvalue weighted by atomic mass is 10.0. The van der Waals surface area contributed by atoms with Crippen molar-refractivity contribution < 1.29 is 0 Å². The maximum atomic E-state index is 6.43. The molecule has 0 aliphatic carbocycles. The Labute approximate surface area is 139 Å². The fourth-order valence-corrected chi connectivity index (χ4v) is 3.07. The third kappa shape index (κ3) is 4.09. The van der Waals surface area contributed by atoms with Crippen molar-refractivity contribution in [3.8, 4) is 0 Å². The fraction of sp³-hybridized carbons (Fsp3) is 0.438. The van der Waals surface area contributed by atoms with Gasteiger partial charge in [0.1, 0.15) is 0 Å². The molecule has 0 aliphatic heterocycles. The van der Waals surface area contributed by atoms with Crippen molar-refractivity contribution in [3.05, 3.63) is 50.7 Å². The number of benzene rings is 1. The standard InChI is InChI=1S/C16H21BrClN3/c1-3-14-16(18)15(21(4-2)20-14)10-13(19)9-11-5-7-12(17)8-6-11/h5-8,13H,3-4,9-10,19H2,1-2H3. The van der Waals surface area contributed by atoms with E-state index in [4.69, 9.17) is 17.3 Å². The molecule has 0 amide bonds. The second-order valence-electron chi connectivity index (χ2n) is 5.17. The molecular formula is C16H21BrClN3. The normalized spacial score (nSPS) is 12.6. The Morgan fingerprint density at radius 2 is 1.90 bits per heavy atom. The van der Waals surface area contributed by atoms with Gasteiger partial charge in [0, 0.05) is 23.5 Å². The highest BCUT2D eigenvalue weighted by Crippen LogP contribution is 2.23. The number of halogens is 2. The third-order valence-corrected chi connectivity index (χ3v) is 4.53. The Balaban J connectivity index is 2.10. The minimum atomic E-state index is 0.0374. The van der Waals surface area contributed by atoms with Crippen LogP contribution < -0.4 is 5.73 Å². The minimum Gasteiger partial charge on any atom is -0.327 e. The molecule has 1 heterocycles. The van der Waals surface area contributed by atoms with Crippen molar-refractivity contribution in [1.82, 2.24) is 9.78 Å². The van der Waals surface area contributed by atoms with E-state index in [9.17, 15) is 0 Å². The van der Waals surface area contributed by atoms with Crippen LogP contribution in [0.15, 0.2) is 28.7 Å². The van der Waals surface area contributed by atoms with Crippen molar-refractivity contribution in [2.24, 2.45) is 5.73 Å². The molecule has 21 heavy (non-hydrogen) atoms. The third-order valence-electron chi connectivity index (χ3n) is 3.56. The average molecular weight is 371 g/mol. The summed E-state index contributed by atoms with van der Waals surface area (Å²) in [4.78, 5) is 0. The van der Waals surface area contributed by atoms with Crippen molar-refractivity contribution >= 4 is 27.5 Å². The highest BCUT2D eigenvalue weighted by atomic mass is 79.9. The van der Waals surface area contributed by atoms with Gasteiger partial charge in [0.25, 0.3) is 0 Å². The number of hydrogen-bond donors (Lipinski definition) is 1. The summed E-state index contributed by atoms with van der Waals surface area (Å²) in [5.41, 5.74) is 9.56. The number of hydrogen-bond acceptors (Lipinski definition) is 2.